The lowest BCUT2D eigenvalue weighted by Crippen LogP contribution is -2.54. The van der Waals surface area contributed by atoms with Gasteiger partial charge in [-0.05, 0) is 48.4 Å². The van der Waals surface area contributed by atoms with Crippen LogP contribution in [-0.2, 0) is 9.59 Å². The molecule has 3 rings (SSSR count). The summed E-state index contributed by atoms with van der Waals surface area (Å²) in [6.07, 6.45) is 1.42. The number of benzene rings is 2. The third-order valence-corrected chi connectivity index (χ3v) is 4.52. The Bertz CT molecular complexity index is 1000. The minimum Gasteiger partial charge on any atom is -0.493 e. The molecule has 1 aliphatic rings. The van der Waals surface area contributed by atoms with E-state index >= 15 is 0 Å². The predicted octanol–water partition coefficient (Wildman–Crippen LogP) is 3.44. The Kier molecular flexibility index (Phi) is 6.33. The lowest BCUT2D eigenvalue weighted by molar-refractivity contribution is -0.122. The topological polar surface area (TPSA) is 84.9 Å². The van der Waals surface area contributed by atoms with Gasteiger partial charge in [0.05, 0.1) is 19.4 Å². The minimum atomic E-state index is -0.779. The van der Waals surface area contributed by atoms with E-state index in [1.54, 1.807) is 36.4 Å². The molecule has 0 aromatic heterocycles. The number of amides is 4. The Morgan fingerprint density at radius 1 is 1.10 bits per heavy atom. The van der Waals surface area contributed by atoms with Gasteiger partial charge in [0.2, 0.25) is 0 Å². The quantitative estimate of drug-likeness (QED) is 0.407. The van der Waals surface area contributed by atoms with Gasteiger partial charge in [0.15, 0.2) is 11.5 Å². The van der Waals surface area contributed by atoms with Crippen LogP contribution in [0.2, 0.25) is 0 Å². The number of urea groups is 1. The van der Waals surface area contributed by atoms with E-state index in [1.165, 1.54) is 13.2 Å². The summed E-state index contributed by atoms with van der Waals surface area (Å²) >= 11 is 3.29. The number of alkyl halides is 1. The third kappa shape index (κ3) is 4.48. The van der Waals surface area contributed by atoms with E-state index in [-0.39, 0.29) is 5.57 Å². The number of rotatable bonds is 6. The lowest BCUT2D eigenvalue weighted by Gasteiger charge is -2.26. The van der Waals surface area contributed by atoms with Crippen LogP contribution in [-0.4, -0.2) is 36.9 Å². The Morgan fingerprint density at radius 2 is 1.90 bits per heavy atom. The van der Waals surface area contributed by atoms with E-state index in [0.29, 0.717) is 34.7 Å². The predicted molar refractivity (Wildman–Crippen MR) is 112 cm³/mol. The Morgan fingerprint density at radius 3 is 2.59 bits per heavy atom. The van der Waals surface area contributed by atoms with Crippen molar-refractivity contribution in [3.8, 4) is 11.5 Å². The average molecular weight is 459 g/mol. The number of anilines is 1. The van der Waals surface area contributed by atoms with E-state index in [1.807, 2.05) is 13.0 Å². The number of carbonyl (C=O) groups is 3. The van der Waals surface area contributed by atoms with Crippen molar-refractivity contribution in [1.82, 2.24) is 5.32 Å². The zero-order chi connectivity index (χ0) is 21.0. The number of aryl methyl sites for hydroxylation is 1. The second-order valence-electron chi connectivity index (χ2n) is 6.24. The molecule has 1 N–H and O–H groups in total. The van der Waals surface area contributed by atoms with Crippen LogP contribution >= 0.6 is 15.9 Å². The molecule has 0 bridgehead atoms. The van der Waals surface area contributed by atoms with Gasteiger partial charge in [-0.1, -0.05) is 34.1 Å². The fourth-order valence-corrected chi connectivity index (χ4v) is 3.03. The molecule has 0 radical (unpaired) electrons. The summed E-state index contributed by atoms with van der Waals surface area (Å²) in [5.74, 6) is -0.425. The largest absolute Gasteiger partial charge is 0.493 e. The first-order chi connectivity index (χ1) is 13.9. The van der Waals surface area contributed by atoms with Gasteiger partial charge >= 0.3 is 6.03 Å². The van der Waals surface area contributed by atoms with Crippen molar-refractivity contribution < 1.29 is 23.9 Å². The van der Waals surface area contributed by atoms with Gasteiger partial charge < -0.3 is 9.47 Å². The van der Waals surface area contributed by atoms with Crippen molar-refractivity contribution >= 4 is 45.5 Å². The van der Waals surface area contributed by atoms with Gasteiger partial charge in [0, 0.05) is 5.33 Å². The standard InChI is InChI=1S/C21H19BrN2O5/c1-13-4-3-5-15(10-13)24-20(26)16(19(25)23-21(24)27)11-14-6-7-17(29-9-8-22)18(12-14)28-2/h3-7,10-12H,8-9H2,1-2H3,(H,23,25,27)/b16-11-. The Balaban J connectivity index is 1.96. The zero-order valence-electron chi connectivity index (χ0n) is 15.9. The molecule has 1 heterocycles. The second-order valence-corrected chi connectivity index (χ2v) is 7.04. The summed E-state index contributed by atoms with van der Waals surface area (Å²) in [4.78, 5) is 38.5. The van der Waals surface area contributed by atoms with Crippen molar-refractivity contribution in [2.75, 3.05) is 23.9 Å². The molecule has 8 heteroatoms. The molecule has 1 fully saturated rings. The Hall–Kier alpha value is -3.13. The maximum atomic E-state index is 12.9. The molecule has 150 valence electrons. The molecule has 0 atom stereocenters. The van der Waals surface area contributed by atoms with Crippen LogP contribution in [0.15, 0.2) is 48.0 Å². The van der Waals surface area contributed by atoms with Crippen molar-refractivity contribution in [3.05, 3.63) is 59.2 Å². The summed E-state index contributed by atoms with van der Waals surface area (Å²) in [5.41, 5.74) is 1.68. The molecule has 2 aromatic carbocycles. The maximum absolute atomic E-state index is 12.9. The number of imide groups is 2. The van der Waals surface area contributed by atoms with Crippen LogP contribution in [0.25, 0.3) is 6.08 Å². The van der Waals surface area contributed by atoms with Crippen LogP contribution in [0, 0.1) is 6.92 Å². The first-order valence-corrected chi connectivity index (χ1v) is 9.91. The monoisotopic (exact) mass is 458 g/mol. The van der Waals surface area contributed by atoms with Crippen LogP contribution < -0.4 is 19.7 Å². The summed E-state index contributed by atoms with van der Waals surface area (Å²) in [6.45, 7) is 2.31. The number of hydrogen-bond donors (Lipinski definition) is 1. The van der Waals surface area contributed by atoms with Crippen molar-refractivity contribution in [1.29, 1.82) is 0 Å². The molecule has 29 heavy (non-hydrogen) atoms. The molecular weight excluding hydrogens is 440 g/mol. The highest BCUT2D eigenvalue weighted by atomic mass is 79.9. The smallest absolute Gasteiger partial charge is 0.335 e. The fourth-order valence-electron chi connectivity index (χ4n) is 2.87. The molecule has 4 amide bonds. The average Bonchev–Trinajstić information content (AvgIpc) is 2.69. The van der Waals surface area contributed by atoms with E-state index in [2.05, 4.69) is 21.2 Å². The number of methoxy groups -OCH3 is 1. The summed E-state index contributed by atoms with van der Waals surface area (Å²) in [7, 11) is 1.50. The van der Waals surface area contributed by atoms with Gasteiger partial charge in [-0.2, -0.15) is 0 Å². The van der Waals surface area contributed by atoms with Crippen LogP contribution in [0.1, 0.15) is 11.1 Å². The van der Waals surface area contributed by atoms with Gasteiger partial charge in [0.1, 0.15) is 5.57 Å². The number of barbiturate groups is 1. The number of nitrogens with zero attached hydrogens (tertiary/aromatic N) is 1. The molecule has 0 unspecified atom stereocenters. The number of hydrogen-bond acceptors (Lipinski definition) is 5. The molecular formula is C21H19BrN2O5. The zero-order valence-corrected chi connectivity index (χ0v) is 17.5. The molecule has 0 saturated carbocycles. The lowest BCUT2D eigenvalue weighted by atomic mass is 10.1. The van der Waals surface area contributed by atoms with Gasteiger partial charge in [-0.15, -0.1) is 0 Å². The van der Waals surface area contributed by atoms with Gasteiger partial charge in [0.25, 0.3) is 11.8 Å². The van der Waals surface area contributed by atoms with E-state index < -0.39 is 17.8 Å². The highest BCUT2D eigenvalue weighted by Crippen LogP contribution is 2.30. The second kappa shape index (κ2) is 8.91. The number of carbonyl (C=O) groups excluding carboxylic acids is 3. The van der Waals surface area contributed by atoms with Gasteiger partial charge in [-0.25, -0.2) is 9.69 Å². The van der Waals surface area contributed by atoms with E-state index in [9.17, 15) is 14.4 Å². The molecule has 7 nitrogen and oxygen atoms in total. The van der Waals surface area contributed by atoms with Crippen molar-refractivity contribution in [2.45, 2.75) is 6.92 Å². The molecule has 1 saturated heterocycles. The number of nitrogens with one attached hydrogen (secondary N) is 1. The third-order valence-electron chi connectivity index (χ3n) is 4.19. The fraction of sp³-hybridized carbons (Fsp3) is 0.190. The summed E-state index contributed by atoms with van der Waals surface area (Å²) in [5, 5.41) is 2.88. The number of halogens is 1. The minimum absolute atomic E-state index is 0.151. The highest BCUT2D eigenvalue weighted by Gasteiger charge is 2.36. The normalized spacial score (nSPS) is 15.5. The molecule has 2 aromatic rings. The van der Waals surface area contributed by atoms with E-state index in [4.69, 9.17) is 9.47 Å². The maximum Gasteiger partial charge on any atom is 0.335 e. The first-order valence-electron chi connectivity index (χ1n) is 8.79. The first kappa shape index (κ1) is 20.6. The number of ether oxygens (including phenoxy) is 2. The molecule has 0 aliphatic carbocycles. The van der Waals surface area contributed by atoms with Gasteiger partial charge in [-0.3, -0.25) is 14.9 Å². The van der Waals surface area contributed by atoms with Crippen molar-refractivity contribution in [3.63, 3.8) is 0 Å². The SMILES string of the molecule is COc1cc(/C=C2/C(=O)NC(=O)N(c3cccc(C)c3)C2=O)ccc1OCCBr. The van der Waals surface area contributed by atoms with E-state index in [0.717, 1.165) is 10.5 Å². The molecule has 0 spiro atoms. The summed E-state index contributed by atoms with van der Waals surface area (Å²) < 4.78 is 10.9. The highest BCUT2D eigenvalue weighted by molar-refractivity contribution is 9.09. The van der Waals surface area contributed by atoms with Crippen molar-refractivity contribution in [2.24, 2.45) is 0 Å². The van der Waals surface area contributed by atoms with Crippen LogP contribution in [0.3, 0.4) is 0 Å². The van der Waals surface area contributed by atoms with Crippen LogP contribution in [0.5, 0.6) is 11.5 Å². The van der Waals surface area contributed by atoms with Crippen LogP contribution in [0.4, 0.5) is 10.5 Å². The molecule has 1 aliphatic heterocycles. The summed E-state index contributed by atoms with van der Waals surface area (Å²) in [6, 6.07) is 11.2. The Labute approximate surface area is 176 Å².